The maximum absolute atomic E-state index is 11.5. The van der Waals surface area contributed by atoms with Gasteiger partial charge in [0.25, 0.3) is 0 Å². The monoisotopic (exact) mass is 243 g/mol. The molecule has 2 rings (SSSR count). The van der Waals surface area contributed by atoms with E-state index in [4.69, 9.17) is 0 Å². The van der Waals surface area contributed by atoms with E-state index in [9.17, 15) is 4.79 Å². The highest BCUT2D eigenvalue weighted by Crippen LogP contribution is 2.17. The largest absolute Gasteiger partial charge is 0.353 e. The number of nitrogens with one attached hydrogen (secondary N) is 1. The first-order chi connectivity index (χ1) is 8.72. The molecular weight excluding hydrogens is 226 g/mol. The van der Waals surface area contributed by atoms with Crippen LogP contribution >= 0.6 is 0 Å². The highest BCUT2D eigenvalue weighted by Gasteiger charge is 2.07. The third-order valence-corrected chi connectivity index (χ3v) is 2.84. The number of hydrogen-bond acceptors (Lipinski definition) is 2. The quantitative estimate of drug-likeness (QED) is 0.817. The van der Waals surface area contributed by atoms with Crippen LogP contribution in [0.3, 0.4) is 0 Å². The van der Waals surface area contributed by atoms with Crippen LogP contribution in [-0.2, 0) is 11.3 Å². The van der Waals surface area contributed by atoms with Crippen molar-refractivity contribution in [2.24, 2.45) is 0 Å². The number of aromatic nitrogens is 2. The molecule has 0 saturated heterocycles. The zero-order valence-corrected chi connectivity index (χ0v) is 10.5. The topological polar surface area (TPSA) is 46.9 Å². The maximum atomic E-state index is 11.5. The lowest BCUT2D eigenvalue weighted by Crippen LogP contribution is -2.24. The van der Waals surface area contributed by atoms with Gasteiger partial charge in [-0.2, -0.15) is 5.10 Å². The van der Waals surface area contributed by atoms with Gasteiger partial charge in [-0.1, -0.05) is 24.3 Å². The highest BCUT2D eigenvalue weighted by molar-refractivity contribution is 5.82. The van der Waals surface area contributed by atoms with Gasteiger partial charge in [0.05, 0.1) is 17.8 Å². The molecule has 0 aliphatic rings. The molecule has 1 N–H and O–H groups in total. The van der Waals surface area contributed by atoms with E-state index in [0.717, 1.165) is 16.6 Å². The number of aryl methyl sites for hydroxylation is 2. The zero-order valence-electron chi connectivity index (χ0n) is 10.5. The summed E-state index contributed by atoms with van der Waals surface area (Å²) in [6.07, 6.45) is 2.10. The summed E-state index contributed by atoms with van der Waals surface area (Å²) in [6.45, 7) is 6.65. The van der Waals surface area contributed by atoms with Gasteiger partial charge >= 0.3 is 0 Å². The van der Waals surface area contributed by atoms with Crippen LogP contribution in [0.4, 0.5) is 0 Å². The summed E-state index contributed by atoms with van der Waals surface area (Å²) >= 11 is 0. The van der Waals surface area contributed by atoms with Crippen molar-refractivity contribution in [3.63, 3.8) is 0 Å². The molecule has 0 spiro atoms. The van der Waals surface area contributed by atoms with Gasteiger partial charge in [0, 0.05) is 18.4 Å². The second-order valence-electron chi connectivity index (χ2n) is 4.17. The number of benzene rings is 1. The fourth-order valence-electron chi connectivity index (χ4n) is 1.95. The minimum Gasteiger partial charge on any atom is -0.353 e. The van der Waals surface area contributed by atoms with Gasteiger partial charge in [-0.05, 0) is 13.0 Å². The Labute approximate surface area is 106 Å². The lowest BCUT2D eigenvalue weighted by molar-refractivity contribution is -0.121. The van der Waals surface area contributed by atoms with Gasteiger partial charge in [-0.3, -0.25) is 9.48 Å². The van der Waals surface area contributed by atoms with Crippen LogP contribution in [0.1, 0.15) is 12.1 Å². The van der Waals surface area contributed by atoms with E-state index in [0.29, 0.717) is 19.5 Å². The van der Waals surface area contributed by atoms with Crippen molar-refractivity contribution in [3.05, 3.63) is 42.6 Å². The summed E-state index contributed by atoms with van der Waals surface area (Å²) in [5.74, 6) is 0.0205. The molecule has 1 heterocycles. The van der Waals surface area contributed by atoms with Crippen LogP contribution in [0, 0.1) is 6.92 Å². The minimum absolute atomic E-state index is 0.0205. The Hall–Kier alpha value is -2.10. The van der Waals surface area contributed by atoms with E-state index in [-0.39, 0.29) is 5.91 Å². The Bertz CT molecular complexity index is 571. The standard InChI is InChI=1S/C14H17N3O/c1-3-9-15-14(18)8-10-17-13-7-5-4-6-12(13)11(2)16-17/h3-7H,1,8-10H2,2H3,(H,15,18). The minimum atomic E-state index is 0.0205. The van der Waals surface area contributed by atoms with Crippen molar-refractivity contribution in [2.75, 3.05) is 6.54 Å². The Kier molecular flexibility index (Phi) is 3.77. The number of carbonyl (C=O) groups is 1. The molecule has 4 heteroatoms. The predicted molar refractivity (Wildman–Crippen MR) is 72.3 cm³/mol. The van der Waals surface area contributed by atoms with E-state index in [2.05, 4.69) is 17.0 Å². The summed E-state index contributed by atoms with van der Waals surface area (Å²) in [4.78, 5) is 11.5. The van der Waals surface area contributed by atoms with Gasteiger partial charge in [0.1, 0.15) is 0 Å². The van der Waals surface area contributed by atoms with Crippen LogP contribution < -0.4 is 5.32 Å². The van der Waals surface area contributed by atoms with Gasteiger partial charge in [0.15, 0.2) is 0 Å². The molecule has 0 aliphatic carbocycles. The van der Waals surface area contributed by atoms with Crippen LogP contribution in [0.25, 0.3) is 10.9 Å². The third kappa shape index (κ3) is 2.59. The first-order valence-electron chi connectivity index (χ1n) is 6.02. The predicted octanol–water partition coefficient (Wildman–Crippen LogP) is 2.04. The highest BCUT2D eigenvalue weighted by atomic mass is 16.1. The average molecular weight is 243 g/mol. The third-order valence-electron chi connectivity index (χ3n) is 2.84. The van der Waals surface area contributed by atoms with Crippen molar-refractivity contribution in [3.8, 4) is 0 Å². The Morgan fingerprint density at radius 2 is 2.28 bits per heavy atom. The lowest BCUT2D eigenvalue weighted by Gasteiger charge is -2.04. The maximum Gasteiger partial charge on any atom is 0.222 e. The second-order valence-corrected chi connectivity index (χ2v) is 4.17. The van der Waals surface area contributed by atoms with Gasteiger partial charge < -0.3 is 5.32 Å². The molecule has 1 aromatic heterocycles. The number of fused-ring (bicyclic) bond motifs is 1. The van der Waals surface area contributed by atoms with Crippen LogP contribution in [0.15, 0.2) is 36.9 Å². The number of nitrogens with zero attached hydrogens (tertiary/aromatic N) is 2. The SMILES string of the molecule is C=CCNC(=O)CCn1nc(C)c2ccccc21. The molecule has 4 nitrogen and oxygen atoms in total. The van der Waals surface area contributed by atoms with E-state index < -0.39 is 0 Å². The molecule has 0 bridgehead atoms. The Morgan fingerprint density at radius 3 is 3.06 bits per heavy atom. The van der Waals surface area contributed by atoms with Crippen molar-refractivity contribution in [1.82, 2.24) is 15.1 Å². The number of rotatable bonds is 5. The first-order valence-corrected chi connectivity index (χ1v) is 6.02. The normalized spacial score (nSPS) is 10.5. The first kappa shape index (κ1) is 12.4. The Morgan fingerprint density at radius 1 is 1.50 bits per heavy atom. The van der Waals surface area contributed by atoms with Crippen molar-refractivity contribution < 1.29 is 4.79 Å². The fraction of sp³-hybridized carbons (Fsp3) is 0.286. The van der Waals surface area contributed by atoms with Crippen LogP contribution in [0.2, 0.25) is 0 Å². The van der Waals surface area contributed by atoms with Crippen molar-refractivity contribution in [2.45, 2.75) is 19.9 Å². The molecule has 0 unspecified atom stereocenters. The number of hydrogen-bond donors (Lipinski definition) is 1. The molecule has 94 valence electrons. The van der Waals surface area contributed by atoms with E-state index in [1.807, 2.05) is 35.9 Å². The summed E-state index contributed by atoms with van der Waals surface area (Å²) in [6, 6.07) is 8.05. The molecule has 1 amide bonds. The summed E-state index contributed by atoms with van der Waals surface area (Å²) in [7, 11) is 0. The lowest BCUT2D eigenvalue weighted by atomic mass is 10.2. The van der Waals surface area contributed by atoms with Gasteiger partial charge in [-0.15, -0.1) is 6.58 Å². The average Bonchev–Trinajstić information content (AvgIpc) is 2.71. The summed E-state index contributed by atoms with van der Waals surface area (Å²) in [5.41, 5.74) is 2.07. The van der Waals surface area contributed by atoms with E-state index in [1.54, 1.807) is 6.08 Å². The summed E-state index contributed by atoms with van der Waals surface area (Å²) in [5, 5.41) is 8.36. The Balaban J connectivity index is 2.08. The molecule has 2 aromatic rings. The molecule has 0 aliphatic heterocycles. The zero-order chi connectivity index (χ0) is 13.0. The molecule has 1 aromatic carbocycles. The molecule has 0 fully saturated rings. The van der Waals surface area contributed by atoms with Crippen LogP contribution in [0.5, 0.6) is 0 Å². The molecule has 0 atom stereocenters. The molecule has 18 heavy (non-hydrogen) atoms. The van der Waals surface area contributed by atoms with Crippen molar-refractivity contribution >= 4 is 16.8 Å². The number of amides is 1. The molecular formula is C14H17N3O. The number of carbonyl (C=O) groups excluding carboxylic acids is 1. The van der Waals surface area contributed by atoms with Crippen molar-refractivity contribution in [1.29, 1.82) is 0 Å². The van der Waals surface area contributed by atoms with E-state index >= 15 is 0 Å². The molecule has 0 radical (unpaired) electrons. The number of para-hydroxylation sites is 1. The fourth-order valence-corrected chi connectivity index (χ4v) is 1.95. The van der Waals surface area contributed by atoms with Gasteiger partial charge in [0.2, 0.25) is 5.91 Å². The smallest absolute Gasteiger partial charge is 0.222 e. The second kappa shape index (κ2) is 5.49. The van der Waals surface area contributed by atoms with Crippen LogP contribution in [-0.4, -0.2) is 22.2 Å². The molecule has 0 saturated carbocycles. The van der Waals surface area contributed by atoms with E-state index in [1.165, 1.54) is 0 Å². The van der Waals surface area contributed by atoms with Gasteiger partial charge in [-0.25, -0.2) is 0 Å². The summed E-state index contributed by atoms with van der Waals surface area (Å²) < 4.78 is 1.89.